The van der Waals surface area contributed by atoms with Crippen LogP contribution in [0.1, 0.15) is 13.8 Å². The van der Waals surface area contributed by atoms with Gasteiger partial charge in [0.2, 0.25) is 11.1 Å². The SMILES string of the molecule is CCOc1ccc(-n2nnnc2S[C@@H](C)C(=O)Nc2ccccc2F)cc1. The van der Waals surface area contributed by atoms with Crippen LogP contribution in [0.3, 0.4) is 0 Å². The van der Waals surface area contributed by atoms with Gasteiger partial charge in [0.25, 0.3) is 0 Å². The second-order valence-corrected chi connectivity index (χ2v) is 6.84. The number of ether oxygens (including phenoxy) is 1. The van der Waals surface area contributed by atoms with Crippen molar-refractivity contribution < 1.29 is 13.9 Å². The number of tetrazole rings is 1. The van der Waals surface area contributed by atoms with Crippen molar-refractivity contribution in [3.63, 3.8) is 0 Å². The molecule has 0 saturated carbocycles. The summed E-state index contributed by atoms with van der Waals surface area (Å²) in [4.78, 5) is 12.4. The molecular formula is C18H18FN5O2S. The first-order valence-electron chi connectivity index (χ1n) is 8.32. The van der Waals surface area contributed by atoms with Gasteiger partial charge in [0.1, 0.15) is 11.6 Å². The number of anilines is 1. The van der Waals surface area contributed by atoms with Crippen LogP contribution in [-0.2, 0) is 4.79 Å². The number of thioether (sulfide) groups is 1. The van der Waals surface area contributed by atoms with E-state index in [-0.39, 0.29) is 11.6 Å². The van der Waals surface area contributed by atoms with Gasteiger partial charge in [0.05, 0.1) is 23.2 Å². The lowest BCUT2D eigenvalue weighted by Gasteiger charge is -2.12. The molecule has 9 heteroatoms. The molecule has 0 aliphatic carbocycles. The number of carbonyl (C=O) groups excluding carboxylic acids is 1. The number of benzene rings is 2. The van der Waals surface area contributed by atoms with Crippen LogP contribution in [0.5, 0.6) is 5.75 Å². The number of amides is 1. The summed E-state index contributed by atoms with van der Waals surface area (Å²) in [6, 6.07) is 13.3. The Morgan fingerprint density at radius 1 is 1.26 bits per heavy atom. The molecule has 0 fully saturated rings. The van der Waals surface area contributed by atoms with Gasteiger partial charge >= 0.3 is 0 Å². The van der Waals surface area contributed by atoms with Crippen LogP contribution in [0.15, 0.2) is 53.7 Å². The summed E-state index contributed by atoms with van der Waals surface area (Å²) in [5.41, 5.74) is 0.883. The fraction of sp³-hybridized carbons (Fsp3) is 0.222. The third kappa shape index (κ3) is 4.62. The van der Waals surface area contributed by atoms with E-state index >= 15 is 0 Å². The molecule has 1 amide bonds. The molecule has 3 rings (SSSR count). The van der Waals surface area contributed by atoms with Crippen LogP contribution in [0, 0.1) is 5.82 Å². The van der Waals surface area contributed by atoms with Gasteiger partial charge in [-0.25, -0.2) is 4.39 Å². The van der Waals surface area contributed by atoms with Crippen LogP contribution < -0.4 is 10.1 Å². The van der Waals surface area contributed by atoms with Gasteiger partial charge in [-0.3, -0.25) is 4.79 Å². The molecule has 1 aromatic heterocycles. The molecule has 1 atom stereocenters. The van der Waals surface area contributed by atoms with Gasteiger partial charge in [-0.2, -0.15) is 4.68 Å². The maximum Gasteiger partial charge on any atom is 0.237 e. The summed E-state index contributed by atoms with van der Waals surface area (Å²) in [6.45, 7) is 4.20. The normalized spacial score (nSPS) is 11.8. The van der Waals surface area contributed by atoms with Crippen LogP contribution in [0.25, 0.3) is 5.69 Å². The summed E-state index contributed by atoms with van der Waals surface area (Å²) in [7, 11) is 0. The molecular weight excluding hydrogens is 369 g/mol. The van der Waals surface area contributed by atoms with E-state index in [2.05, 4.69) is 20.8 Å². The topological polar surface area (TPSA) is 81.9 Å². The zero-order valence-corrected chi connectivity index (χ0v) is 15.6. The molecule has 140 valence electrons. The van der Waals surface area contributed by atoms with Gasteiger partial charge in [-0.15, -0.1) is 5.10 Å². The second-order valence-electron chi connectivity index (χ2n) is 5.53. The molecule has 1 heterocycles. The maximum atomic E-state index is 13.7. The Morgan fingerprint density at radius 3 is 2.70 bits per heavy atom. The van der Waals surface area contributed by atoms with Crippen molar-refractivity contribution in [2.24, 2.45) is 0 Å². The number of nitrogens with one attached hydrogen (secondary N) is 1. The van der Waals surface area contributed by atoms with Crippen molar-refractivity contribution in [2.45, 2.75) is 24.3 Å². The van der Waals surface area contributed by atoms with Crippen LogP contribution in [0.4, 0.5) is 10.1 Å². The number of para-hydroxylation sites is 1. The third-order valence-electron chi connectivity index (χ3n) is 3.62. The first kappa shape index (κ1) is 18.8. The average Bonchev–Trinajstić information content (AvgIpc) is 3.12. The predicted molar refractivity (Wildman–Crippen MR) is 101 cm³/mol. The van der Waals surface area contributed by atoms with E-state index in [9.17, 15) is 9.18 Å². The minimum Gasteiger partial charge on any atom is -0.494 e. The van der Waals surface area contributed by atoms with Crippen LogP contribution in [-0.4, -0.2) is 38.0 Å². The highest BCUT2D eigenvalue weighted by molar-refractivity contribution is 8.00. The highest BCUT2D eigenvalue weighted by Crippen LogP contribution is 2.25. The molecule has 1 N–H and O–H groups in total. The van der Waals surface area contributed by atoms with Gasteiger partial charge < -0.3 is 10.1 Å². The maximum absolute atomic E-state index is 13.7. The predicted octanol–water partition coefficient (Wildman–Crippen LogP) is 3.32. The minimum absolute atomic E-state index is 0.140. The van der Waals surface area contributed by atoms with Crippen molar-refractivity contribution in [2.75, 3.05) is 11.9 Å². The zero-order chi connectivity index (χ0) is 19.2. The molecule has 0 radical (unpaired) electrons. The zero-order valence-electron chi connectivity index (χ0n) is 14.8. The highest BCUT2D eigenvalue weighted by Gasteiger charge is 2.20. The van der Waals surface area contributed by atoms with E-state index in [1.54, 1.807) is 19.1 Å². The number of hydrogen-bond acceptors (Lipinski definition) is 6. The fourth-order valence-corrected chi connectivity index (χ4v) is 3.08. The van der Waals surface area contributed by atoms with Crippen LogP contribution >= 0.6 is 11.8 Å². The molecule has 2 aromatic carbocycles. The Kier molecular flexibility index (Phi) is 6.02. The van der Waals surface area contributed by atoms with Crippen molar-refractivity contribution in [1.82, 2.24) is 20.2 Å². The van der Waals surface area contributed by atoms with Crippen molar-refractivity contribution in [3.05, 3.63) is 54.3 Å². The van der Waals surface area contributed by atoms with E-state index in [1.165, 1.54) is 28.6 Å². The van der Waals surface area contributed by atoms with E-state index in [0.717, 1.165) is 11.4 Å². The molecule has 27 heavy (non-hydrogen) atoms. The summed E-state index contributed by atoms with van der Waals surface area (Å²) in [6.07, 6.45) is 0. The number of carbonyl (C=O) groups is 1. The number of halogens is 1. The van der Waals surface area contributed by atoms with E-state index < -0.39 is 11.1 Å². The molecule has 0 aliphatic heterocycles. The lowest BCUT2D eigenvalue weighted by atomic mass is 10.3. The minimum atomic E-state index is -0.531. The molecule has 0 spiro atoms. The molecule has 0 saturated heterocycles. The molecule has 7 nitrogen and oxygen atoms in total. The van der Waals surface area contributed by atoms with E-state index in [0.29, 0.717) is 11.8 Å². The van der Waals surface area contributed by atoms with E-state index in [1.807, 2.05) is 31.2 Å². The lowest BCUT2D eigenvalue weighted by Crippen LogP contribution is -2.23. The summed E-state index contributed by atoms with van der Waals surface area (Å²) in [5.74, 6) is -0.0743. The van der Waals surface area contributed by atoms with E-state index in [4.69, 9.17) is 4.74 Å². The highest BCUT2D eigenvalue weighted by atomic mass is 32.2. The quantitative estimate of drug-likeness (QED) is 0.627. The summed E-state index contributed by atoms with van der Waals surface area (Å²) in [5, 5.41) is 14.1. The monoisotopic (exact) mass is 387 g/mol. The molecule has 0 aliphatic rings. The van der Waals surface area contributed by atoms with Gasteiger partial charge in [0.15, 0.2) is 0 Å². The Labute approximate surface area is 159 Å². The molecule has 0 unspecified atom stereocenters. The second kappa shape index (κ2) is 8.63. The number of rotatable bonds is 7. The van der Waals surface area contributed by atoms with Gasteiger partial charge in [-0.05, 0) is 60.7 Å². The smallest absolute Gasteiger partial charge is 0.237 e. The number of aromatic nitrogens is 4. The Morgan fingerprint density at radius 2 is 2.00 bits per heavy atom. The Balaban J connectivity index is 1.70. The van der Waals surface area contributed by atoms with Crippen molar-refractivity contribution in [1.29, 1.82) is 0 Å². The number of nitrogens with zero attached hydrogens (tertiary/aromatic N) is 4. The average molecular weight is 387 g/mol. The number of hydrogen-bond donors (Lipinski definition) is 1. The van der Waals surface area contributed by atoms with Crippen molar-refractivity contribution >= 4 is 23.4 Å². The van der Waals surface area contributed by atoms with Crippen molar-refractivity contribution in [3.8, 4) is 11.4 Å². The first-order chi connectivity index (χ1) is 13.1. The summed E-state index contributed by atoms with van der Waals surface area (Å²) < 4.78 is 20.7. The van der Waals surface area contributed by atoms with Gasteiger partial charge in [-0.1, -0.05) is 23.9 Å². The molecule has 0 bridgehead atoms. The summed E-state index contributed by atoms with van der Waals surface area (Å²) >= 11 is 1.18. The fourth-order valence-electron chi connectivity index (χ4n) is 2.27. The standard InChI is InChI=1S/C18H18FN5O2S/c1-3-26-14-10-8-13(9-11-14)24-18(21-22-23-24)27-12(2)17(25)20-16-7-5-4-6-15(16)19/h4-12H,3H2,1-2H3,(H,20,25)/t12-/m0/s1. The first-order valence-corrected chi connectivity index (χ1v) is 9.20. The molecule has 3 aromatic rings. The largest absolute Gasteiger partial charge is 0.494 e. The van der Waals surface area contributed by atoms with Crippen LogP contribution in [0.2, 0.25) is 0 Å². The third-order valence-corrected chi connectivity index (χ3v) is 4.65. The lowest BCUT2D eigenvalue weighted by molar-refractivity contribution is -0.115. The van der Waals surface area contributed by atoms with Gasteiger partial charge in [0, 0.05) is 0 Å². The Hall–Kier alpha value is -2.94. The Bertz CT molecular complexity index is 916.